The minimum absolute atomic E-state index is 0.188. The van der Waals surface area contributed by atoms with Gasteiger partial charge in [-0.15, -0.1) is 0 Å². The van der Waals surface area contributed by atoms with Crippen molar-refractivity contribution in [3.05, 3.63) is 12.2 Å². The van der Waals surface area contributed by atoms with Gasteiger partial charge >= 0.3 is 12.1 Å². The Morgan fingerprint density at radius 1 is 0.714 bits per heavy atom. The van der Waals surface area contributed by atoms with Crippen molar-refractivity contribution in [1.82, 2.24) is 0 Å². The number of carbonyl (C=O) groups excluding carboxylic acids is 2. The van der Waals surface area contributed by atoms with Gasteiger partial charge in [-0.2, -0.15) is 0 Å². The molecule has 0 aromatic heterocycles. The monoisotopic (exact) mass is 396 g/mol. The maximum Gasteiger partial charge on any atom is 0.516 e. The molecule has 0 heterocycles. The molecule has 1 unspecified atom stereocenters. The fourth-order valence-electron chi connectivity index (χ4n) is 3.33. The van der Waals surface area contributed by atoms with Gasteiger partial charge in [0.15, 0.2) is 0 Å². The van der Waals surface area contributed by atoms with Crippen LogP contribution in [0.3, 0.4) is 0 Å². The van der Waals surface area contributed by atoms with Gasteiger partial charge in [-0.3, -0.25) is 4.79 Å². The molecule has 164 valence electrons. The van der Waals surface area contributed by atoms with Crippen molar-refractivity contribution < 1.29 is 19.1 Å². The summed E-state index contributed by atoms with van der Waals surface area (Å²) < 4.78 is 9.45. The van der Waals surface area contributed by atoms with Crippen molar-refractivity contribution >= 4 is 12.1 Å². The second-order valence-corrected chi connectivity index (χ2v) is 7.61. The van der Waals surface area contributed by atoms with E-state index in [1.807, 2.05) is 6.92 Å². The first-order valence-corrected chi connectivity index (χ1v) is 11.7. The van der Waals surface area contributed by atoms with Crippen LogP contribution in [-0.4, -0.2) is 18.7 Å². The van der Waals surface area contributed by atoms with E-state index in [2.05, 4.69) is 23.8 Å². The van der Waals surface area contributed by atoms with E-state index < -0.39 is 12.1 Å². The summed E-state index contributed by atoms with van der Waals surface area (Å²) in [6.45, 7) is 6.21. The van der Waals surface area contributed by atoms with Gasteiger partial charge in [-0.05, 0) is 45.4 Å². The van der Waals surface area contributed by atoms with E-state index >= 15 is 0 Å². The van der Waals surface area contributed by atoms with Gasteiger partial charge < -0.3 is 9.47 Å². The summed E-state index contributed by atoms with van der Waals surface area (Å²) in [7, 11) is 0. The molecule has 0 aliphatic heterocycles. The fraction of sp³-hybridized carbons (Fsp3) is 0.833. The lowest BCUT2D eigenvalue weighted by Crippen LogP contribution is -2.22. The number of esters is 1. The van der Waals surface area contributed by atoms with Crippen molar-refractivity contribution in [2.75, 3.05) is 6.61 Å². The molecule has 0 fully saturated rings. The summed E-state index contributed by atoms with van der Waals surface area (Å²) in [5.41, 5.74) is 0. The van der Waals surface area contributed by atoms with Crippen molar-refractivity contribution in [1.29, 1.82) is 0 Å². The van der Waals surface area contributed by atoms with E-state index in [0.29, 0.717) is 0 Å². The quantitative estimate of drug-likeness (QED) is 0.103. The lowest BCUT2D eigenvalue weighted by Gasteiger charge is -2.13. The van der Waals surface area contributed by atoms with Gasteiger partial charge in [-0.1, -0.05) is 83.8 Å². The number of hydrogen-bond donors (Lipinski definition) is 0. The summed E-state index contributed by atoms with van der Waals surface area (Å²) in [6.07, 6.45) is 21.3. The zero-order valence-electron chi connectivity index (χ0n) is 18.7. The topological polar surface area (TPSA) is 52.6 Å². The molecule has 0 rings (SSSR count). The van der Waals surface area contributed by atoms with E-state index in [1.54, 1.807) is 6.92 Å². The van der Waals surface area contributed by atoms with Crippen LogP contribution in [0.4, 0.5) is 4.79 Å². The van der Waals surface area contributed by atoms with Gasteiger partial charge in [0, 0.05) is 0 Å². The molecule has 0 bridgehead atoms. The zero-order chi connectivity index (χ0) is 20.9. The van der Waals surface area contributed by atoms with Crippen molar-refractivity contribution in [3.8, 4) is 0 Å². The molecule has 0 saturated heterocycles. The Bertz CT molecular complexity index is 403. The maximum absolute atomic E-state index is 12.1. The predicted molar refractivity (Wildman–Crippen MR) is 116 cm³/mol. The van der Waals surface area contributed by atoms with E-state index in [1.165, 1.54) is 57.8 Å². The molecule has 0 saturated carbocycles. The first kappa shape index (κ1) is 26.7. The predicted octanol–water partition coefficient (Wildman–Crippen LogP) is 7.75. The van der Waals surface area contributed by atoms with Crippen LogP contribution in [0.2, 0.25) is 0 Å². The van der Waals surface area contributed by atoms with Crippen LogP contribution in [0.15, 0.2) is 12.2 Å². The van der Waals surface area contributed by atoms with Crippen molar-refractivity contribution in [2.24, 2.45) is 5.92 Å². The smallest absolute Gasteiger partial charge is 0.434 e. The van der Waals surface area contributed by atoms with Crippen LogP contribution in [0.25, 0.3) is 0 Å². The molecular formula is C24H44O4. The highest BCUT2D eigenvalue weighted by Crippen LogP contribution is 2.18. The number of ether oxygens (including phenoxy) is 2. The second-order valence-electron chi connectivity index (χ2n) is 7.61. The maximum atomic E-state index is 12.1. The molecule has 0 aliphatic rings. The number of carbonyl (C=O) groups is 2. The van der Waals surface area contributed by atoms with Gasteiger partial charge in [0.2, 0.25) is 0 Å². The lowest BCUT2D eigenvalue weighted by molar-refractivity contribution is -0.145. The third-order valence-corrected chi connectivity index (χ3v) is 4.98. The van der Waals surface area contributed by atoms with Crippen LogP contribution >= 0.6 is 0 Å². The van der Waals surface area contributed by atoms with Crippen LogP contribution < -0.4 is 0 Å². The Morgan fingerprint density at radius 2 is 1.29 bits per heavy atom. The highest BCUT2D eigenvalue weighted by Gasteiger charge is 2.22. The third kappa shape index (κ3) is 16.8. The van der Waals surface area contributed by atoms with E-state index in [0.717, 1.165) is 38.5 Å². The first-order valence-electron chi connectivity index (χ1n) is 11.7. The molecule has 4 heteroatoms. The average Bonchev–Trinajstić information content (AvgIpc) is 2.67. The Kier molecular flexibility index (Phi) is 19.5. The zero-order valence-corrected chi connectivity index (χ0v) is 18.7. The molecular weight excluding hydrogens is 352 g/mol. The number of hydrogen-bond acceptors (Lipinski definition) is 4. The van der Waals surface area contributed by atoms with Gasteiger partial charge in [-0.25, -0.2) is 4.79 Å². The molecule has 0 aromatic carbocycles. The number of unbranched alkanes of at least 4 members (excludes halogenated alkanes) is 10. The summed E-state index contributed by atoms with van der Waals surface area (Å²) in [6, 6.07) is 0. The largest absolute Gasteiger partial charge is 0.516 e. The SMILES string of the molecule is CCCCCCCC/C=C\CCCCCCC(CCC)C(=O)OC(=O)OCC. The van der Waals surface area contributed by atoms with Gasteiger partial charge in [0.05, 0.1) is 12.5 Å². The number of rotatable bonds is 18. The van der Waals surface area contributed by atoms with E-state index in [-0.39, 0.29) is 12.5 Å². The van der Waals surface area contributed by atoms with Crippen LogP contribution in [0.5, 0.6) is 0 Å². The summed E-state index contributed by atoms with van der Waals surface area (Å²) >= 11 is 0. The summed E-state index contributed by atoms with van der Waals surface area (Å²) in [4.78, 5) is 23.3. The molecule has 0 amide bonds. The Morgan fingerprint density at radius 3 is 1.86 bits per heavy atom. The van der Waals surface area contributed by atoms with Gasteiger partial charge in [0.25, 0.3) is 0 Å². The average molecular weight is 397 g/mol. The van der Waals surface area contributed by atoms with Gasteiger partial charge in [0.1, 0.15) is 0 Å². The van der Waals surface area contributed by atoms with Crippen molar-refractivity contribution in [3.63, 3.8) is 0 Å². The standard InChI is InChI=1S/C24H44O4/c1-4-7-8-9-10-11-12-13-14-15-16-17-18-19-21-22(20-5-2)23(25)28-24(26)27-6-3/h13-14,22H,4-12,15-21H2,1-3H3/b14-13-. The molecule has 0 aromatic rings. The minimum Gasteiger partial charge on any atom is -0.434 e. The molecule has 0 spiro atoms. The Balaban J connectivity index is 3.68. The first-order chi connectivity index (χ1) is 13.7. The third-order valence-electron chi connectivity index (χ3n) is 4.98. The van der Waals surface area contributed by atoms with Crippen LogP contribution in [-0.2, 0) is 14.3 Å². The van der Waals surface area contributed by atoms with Crippen LogP contribution in [0, 0.1) is 5.92 Å². The molecule has 28 heavy (non-hydrogen) atoms. The Labute approximate surface area is 173 Å². The number of allylic oxidation sites excluding steroid dienone is 2. The normalized spacial score (nSPS) is 12.2. The molecule has 0 N–H and O–H groups in total. The highest BCUT2D eigenvalue weighted by molar-refractivity contribution is 5.83. The van der Waals surface area contributed by atoms with E-state index in [4.69, 9.17) is 4.74 Å². The molecule has 0 radical (unpaired) electrons. The Hall–Kier alpha value is -1.32. The van der Waals surface area contributed by atoms with E-state index in [9.17, 15) is 9.59 Å². The summed E-state index contributed by atoms with van der Waals surface area (Å²) in [5, 5.41) is 0. The summed E-state index contributed by atoms with van der Waals surface area (Å²) in [5.74, 6) is -0.621. The van der Waals surface area contributed by atoms with Crippen molar-refractivity contribution in [2.45, 2.75) is 117 Å². The second kappa shape index (κ2) is 20.4. The molecule has 4 nitrogen and oxygen atoms in total. The lowest BCUT2D eigenvalue weighted by atomic mass is 9.96. The molecule has 0 aliphatic carbocycles. The molecule has 1 atom stereocenters. The fourth-order valence-corrected chi connectivity index (χ4v) is 3.33. The highest BCUT2D eigenvalue weighted by atomic mass is 16.7. The van der Waals surface area contributed by atoms with Crippen LogP contribution in [0.1, 0.15) is 117 Å². The minimum atomic E-state index is -0.874.